The number of nitrogens with zero attached hydrogens (tertiary/aromatic N) is 2. The largest absolute Gasteiger partial charge is 0.396 e. The number of aliphatic hydroxyl groups excluding tert-OH is 1. The summed E-state index contributed by atoms with van der Waals surface area (Å²) in [5, 5.41) is 15.7. The summed E-state index contributed by atoms with van der Waals surface area (Å²) in [5.41, 5.74) is 1.03. The van der Waals surface area contributed by atoms with Crippen LogP contribution in [0.25, 0.3) is 0 Å². The van der Waals surface area contributed by atoms with Crippen molar-refractivity contribution in [2.75, 3.05) is 19.7 Å². The molecule has 1 atom stereocenters. The fraction of sp³-hybridized carbons (Fsp3) is 0.765. The van der Waals surface area contributed by atoms with Gasteiger partial charge in [0.05, 0.1) is 6.04 Å². The highest BCUT2D eigenvalue weighted by Crippen LogP contribution is 2.19. The van der Waals surface area contributed by atoms with Gasteiger partial charge in [0.25, 0.3) is 0 Å². The van der Waals surface area contributed by atoms with E-state index >= 15 is 0 Å². The highest BCUT2D eigenvalue weighted by atomic mass is 32.1. The van der Waals surface area contributed by atoms with E-state index in [4.69, 9.17) is 0 Å². The number of thiazole rings is 1. The Morgan fingerprint density at radius 3 is 2.70 bits per heavy atom. The first-order valence-electron chi connectivity index (χ1n) is 8.53. The van der Waals surface area contributed by atoms with Crippen molar-refractivity contribution < 1.29 is 9.90 Å². The summed E-state index contributed by atoms with van der Waals surface area (Å²) in [7, 11) is 0. The molecule has 1 fully saturated rings. The molecule has 2 heterocycles. The van der Waals surface area contributed by atoms with Gasteiger partial charge >= 0.3 is 0 Å². The van der Waals surface area contributed by atoms with Gasteiger partial charge in [-0.1, -0.05) is 13.8 Å². The maximum Gasteiger partial charge on any atom is 0.239 e. The molecule has 2 N–H and O–H groups in total. The Balaban J connectivity index is 1.92. The minimum absolute atomic E-state index is 0.148. The Labute approximate surface area is 143 Å². The van der Waals surface area contributed by atoms with Crippen LogP contribution in [-0.4, -0.2) is 46.6 Å². The quantitative estimate of drug-likeness (QED) is 0.799. The average Bonchev–Trinajstić information content (AvgIpc) is 2.96. The molecule has 0 aliphatic carbocycles. The standard InChI is InChI=1S/C17H29N3O2S/c1-12(2)8-15(18-9-16-19-13(3)11-23-16)17(22)20-6-4-14(10-21)5-7-20/h11-12,14-15,18,21H,4-10H2,1-3H3. The lowest BCUT2D eigenvalue weighted by atomic mass is 9.96. The van der Waals surface area contributed by atoms with Gasteiger partial charge in [0.1, 0.15) is 5.01 Å². The molecule has 0 spiro atoms. The number of piperidine rings is 1. The summed E-state index contributed by atoms with van der Waals surface area (Å²) in [6.45, 7) is 8.68. The molecule has 1 aliphatic heterocycles. The van der Waals surface area contributed by atoms with Crippen LogP contribution in [-0.2, 0) is 11.3 Å². The summed E-state index contributed by atoms with van der Waals surface area (Å²) in [6.07, 6.45) is 2.65. The smallest absolute Gasteiger partial charge is 0.239 e. The Morgan fingerprint density at radius 2 is 2.17 bits per heavy atom. The highest BCUT2D eigenvalue weighted by molar-refractivity contribution is 7.09. The topological polar surface area (TPSA) is 65.5 Å². The monoisotopic (exact) mass is 339 g/mol. The molecule has 1 aliphatic rings. The lowest BCUT2D eigenvalue weighted by Crippen LogP contribution is -2.49. The van der Waals surface area contributed by atoms with Crippen LogP contribution in [0.2, 0.25) is 0 Å². The third kappa shape index (κ3) is 5.55. The SMILES string of the molecule is Cc1csc(CNC(CC(C)C)C(=O)N2CCC(CO)CC2)n1. The number of likely N-dealkylation sites (tertiary alicyclic amines) is 1. The van der Waals surface area contributed by atoms with Crippen molar-refractivity contribution >= 4 is 17.2 Å². The first kappa shape index (κ1) is 18.4. The maximum atomic E-state index is 12.8. The van der Waals surface area contributed by atoms with Crippen LogP contribution in [0.4, 0.5) is 0 Å². The van der Waals surface area contributed by atoms with Crippen molar-refractivity contribution in [3.8, 4) is 0 Å². The minimum atomic E-state index is -0.148. The fourth-order valence-electron chi connectivity index (χ4n) is 2.99. The van der Waals surface area contributed by atoms with Gasteiger partial charge in [-0.2, -0.15) is 0 Å². The zero-order valence-corrected chi connectivity index (χ0v) is 15.2. The summed E-state index contributed by atoms with van der Waals surface area (Å²) in [5.74, 6) is 1.02. The molecule has 1 amide bonds. The second-order valence-corrected chi connectivity index (χ2v) is 7.84. The minimum Gasteiger partial charge on any atom is -0.396 e. The predicted molar refractivity (Wildman–Crippen MR) is 93.3 cm³/mol. The number of rotatable bonds is 7. The predicted octanol–water partition coefficient (Wildman–Crippen LogP) is 2.19. The van der Waals surface area contributed by atoms with E-state index in [0.29, 0.717) is 18.4 Å². The maximum absolute atomic E-state index is 12.8. The molecule has 0 radical (unpaired) electrons. The number of aryl methyl sites for hydroxylation is 1. The van der Waals surface area contributed by atoms with Crippen LogP contribution in [0, 0.1) is 18.8 Å². The van der Waals surface area contributed by atoms with Gasteiger partial charge in [-0.25, -0.2) is 4.98 Å². The zero-order valence-electron chi connectivity index (χ0n) is 14.4. The lowest BCUT2D eigenvalue weighted by molar-refractivity contribution is -0.135. The van der Waals surface area contributed by atoms with Crippen LogP contribution in [0.5, 0.6) is 0 Å². The second-order valence-electron chi connectivity index (χ2n) is 6.90. The third-order valence-corrected chi connectivity index (χ3v) is 5.32. The van der Waals surface area contributed by atoms with Crippen molar-refractivity contribution in [3.63, 3.8) is 0 Å². The van der Waals surface area contributed by atoms with E-state index < -0.39 is 0 Å². The van der Waals surface area contributed by atoms with Gasteiger partial charge in [0, 0.05) is 37.3 Å². The van der Waals surface area contributed by atoms with Gasteiger partial charge in [0.2, 0.25) is 5.91 Å². The van der Waals surface area contributed by atoms with Gasteiger partial charge in [0.15, 0.2) is 0 Å². The number of carbonyl (C=O) groups excluding carboxylic acids is 1. The number of amides is 1. The zero-order chi connectivity index (χ0) is 16.8. The molecule has 2 rings (SSSR count). The molecule has 0 aromatic carbocycles. The van der Waals surface area contributed by atoms with Crippen LogP contribution >= 0.6 is 11.3 Å². The van der Waals surface area contributed by atoms with E-state index in [9.17, 15) is 9.90 Å². The van der Waals surface area contributed by atoms with E-state index in [2.05, 4.69) is 24.1 Å². The molecule has 6 heteroatoms. The summed E-state index contributed by atoms with van der Waals surface area (Å²) >= 11 is 1.63. The molecular weight excluding hydrogens is 310 g/mol. The van der Waals surface area contributed by atoms with Crippen LogP contribution in [0.15, 0.2) is 5.38 Å². The molecular formula is C17H29N3O2S. The van der Waals surface area contributed by atoms with Crippen molar-refractivity contribution in [2.24, 2.45) is 11.8 Å². The first-order valence-corrected chi connectivity index (χ1v) is 9.41. The Bertz CT molecular complexity index is 496. The molecule has 5 nitrogen and oxygen atoms in total. The molecule has 1 unspecified atom stereocenters. The van der Waals surface area contributed by atoms with Crippen molar-refractivity contribution in [1.82, 2.24) is 15.2 Å². The number of hydrogen-bond acceptors (Lipinski definition) is 5. The molecule has 1 aromatic rings. The van der Waals surface area contributed by atoms with Gasteiger partial charge in [-0.15, -0.1) is 11.3 Å². The average molecular weight is 340 g/mol. The van der Waals surface area contributed by atoms with Crippen molar-refractivity contribution in [3.05, 3.63) is 16.1 Å². The van der Waals surface area contributed by atoms with Gasteiger partial charge < -0.3 is 10.0 Å². The number of hydrogen-bond donors (Lipinski definition) is 2. The van der Waals surface area contributed by atoms with Gasteiger partial charge in [-0.05, 0) is 38.0 Å². The Kier molecular flexibility index (Phi) is 6.99. The van der Waals surface area contributed by atoms with Crippen LogP contribution in [0.1, 0.15) is 43.8 Å². The molecule has 0 saturated carbocycles. The van der Waals surface area contributed by atoms with Crippen LogP contribution < -0.4 is 5.32 Å². The summed E-state index contributed by atoms with van der Waals surface area (Å²) < 4.78 is 0. The summed E-state index contributed by atoms with van der Waals surface area (Å²) in [4.78, 5) is 19.3. The molecule has 0 bridgehead atoms. The lowest BCUT2D eigenvalue weighted by Gasteiger charge is -2.34. The highest BCUT2D eigenvalue weighted by Gasteiger charge is 2.28. The van der Waals surface area contributed by atoms with E-state index in [0.717, 1.165) is 43.1 Å². The van der Waals surface area contributed by atoms with Crippen molar-refractivity contribution in [2.45, 2.75) is 52.6 Å². The molecule has 1 saturated heterocycles. The molecule has 130 valence electrons. The molecule has 1 aromatic heterocycles. The number of aromatic nitrogens is 1. The van der Waals surface area contributed by atoms with Crippen molar-refractivity contribution in [1.29, 1.82) is 0 Å². The second kappa shape index (κ2) is 8.76. The first-order chi connectivity index (χ1) is 11.0. The number of nitrogens with one attached hydrogen (secondary N) is 1. The van der Waals surface area contributed by atoms with E-state index in [1.54, 1.807) is 11.3 Å². The van der Waals surface area contributed by atoms with E-state index in [-0.39, 0.29) is 18.6 Å². The normalized spacial score (nSPS) is 17.7. The fourth-order valence-corrected chi connectivity index (χ4v) is 3.72. The number of aliphatic hydroxyl groups is 1. The Hall–Kier alpha value is -0.980. The number of carbonyl (C=O) groups is 1. The van der Waals surface area contributed by atoms with E-state index in [1.165, 1.54) is 0 Å². The molecule has 23 heavy (non-hydrogen) atoms. The Morgan fingerprint density at radius 1 is 1.48 bits per heavy atom. The van der Waals surface area contributed by atoms with Gasteiger partial charge in [-0.3, -0.25) is 10.1 Å². The van der Waals surface area contributed by atoms with E-state index in [1.807, 2.05) is 17.2 Å². The summed E-state index contributed by atoms with van der Waals surface area (Å²) in [6, 6.07) is -0.148. The third-order valence-electron chi connectivity index (χ3n) is 4.36. The van der Waals surface area contributed by atoms with Crippen LogP contribution in [0.3, 0.4) is 0 Å².